The monoisotopic (exact) mass is 418 g/mol. The number of Topliss-reactive ketones (excluding diaryl/α,β-unsaturated/α-hetero) is 1. The average Bonchev–Trinajstić information content (AvgIpc) is 3.00. The fourth-order valence-corrected chi connectivity index (χ4v) is 3.80. The van der Waals surface area contributed by atoms with Crippen molar-refractivity contribution in [3.63, 3.8) is 0 Å². The number of ketones is 1. The standard InChI is InChI=1S/C25H26N2O4/c1-14-11-15(2)13-20(12-14)27-24(29)23(19-9-7-6-8-10-19)31-25(30)22-16(3)21(18(5)28)17(4)26-22/h6-13,23,26H,1-5H3,(H,27,29). The van der Waals surface area contributed by atoms with E-state index in [9.17, 15) is 14.4 Å². The lowest BCUT2D eigenvalue weighted by molar-refractivity contribution is -0.125. The van der Waals surface area contributed by atoms with Crippen molar-refractivity contribution in [2.75, 3.05) is 5.32 Å². The molecule has 1 aromatic heterocycles. The molecule has 3 aromatic rings. The zero-order chi connectivity index (χ0) is 22.7. The number of amides is 1. The van der Waals surface area contributed by atoms with Crippen LogP contribution in [0.1, 0.15) is 61.8 Å². The van der Waals surface area contributed by atoms with Crippen molar-refractivity contribution in [1.29, 1.82) is 0 Å². The first-order valence-corrected chi connectivity index (χ1v) is 10.0. The Balaban J connectivity index is 1.91. The third kappa shape index (κ3) is 4.91. The summed E-state index contributed by atoms with van der Waals surface area (Å²) in [5.74, 6) is -1.30. The molecule has 0 radical (unpaired) electrons. The molecule has 0 aliphatic heterocycles. The summed E-state index contributed by atoms with van der Waals surface area (Å²) < 4.78 is 5.65. The summed E-state index contributed by atoms with van der Waals surface area (Å²) >= 11 is 0. The molecule has 1 unspecified atom stereocenters. The Bertz CT molecular complexity index is 1130. The molecule has 31 heavy (non-hydrogen) atoms. The van der Waals surface area contributed by atoms with Gasteiger partial charge in [-0.2, -0.15) is 0 Å². The van der Waals surface area contributed by atoms with Gasteiger partial charge in [0, 0.05) is 22.5 Å². The van der Waals surface area contributed by atoms with Crippen LogP contribution in [-0.2, 0) is 9.53 Å². The lowest BCUT2D eigenvalue weighted by atomic mass is 10.1. The SMILES string of the molecule is CC(=O)c1c(C)[nH]c(C(=O)OC(C(=O)Nc2cc(C)cc(C)c2)c2ccccc2)c1C. The van der Waals surface area contributed by atoms with Crippen molar-refractivity contribution < 1.29 is 19.1 Å². The highest BCUT2D eigenvalue weighted by Crippen LogP contribution is 2.25. The predicted octanol–water partition coefficient (Wildman–Crippen LogP) is 4.99. The van der Waals surface area contributed by atoms with Gasteiger partial charge < -0.3 is 15.0 Å². The van der Waals surface area contributed by atoms with E-state index in [1.807, 2.05) is 38.1 Å². The lowest BCUT2D eigenvalue weighted by Crippen LogP contribution is -2.26. The maximum absolute atomic E-state index is 13.1. The molecule has 6 nitrogen and oxygen atoms in total. The van der Waals surface area contributed by atoms with E-state index in [1.165, 1.54) is 6.92 Å². The number of aromatic nitrogens is 1. The quantitative estimate of drug-likeness (QED) is 0.436. The number of hydrogen-bond acceptors (Lipinski definition) is 4. The molecule has 0 bridgehead atoms. The zero-order valence-corrected chi connectivity index (χ0v) is 18.3. The second-order valence-electron chi connectivity index (χ2n) is 7.74. The van der Waals surface area contributed by atoms with E-state index < -0.39 is 18.0 Å². The number of H-pyrrole nitrogens is 1. The number of esters is 1. The summed E-state index contributed by atoms with van der Waals surface area (Å²) in [4.78, 5) is 40.9. The number of nitrogens with one attached hydrogen (secondary N) is 2. The van der Waals surface area contributed by atoms with Gasteiger partial charge in [0.25, 0.3) is 5.91 Å². The Morgan fingerprint density at radius 2 is 1.55 bits per heavy atom. The number of aromatic amines is 1. The van der Waals surface area contributed by atoms with Gasteiger partial charge in [0.2, 0.25) is 6.10 Å². The smallest absolute Gasteiger partial charge is 0.356 e. The molecule has 1 heterocycles. The van der Waals surface area contributed by atoms with Crippen LogP contribution in [0.15, 0.2) is 48.5 Å². The topological polar surface area (TPSA) is 88.3 Å². The largest absolute Gasteiger partial charge is 0.443 e. The molecular weight excluding hydrogens is 392 g/mol. The third-order valence-electron chi connectivity index (χ3n) is 5.05. The number of benzene rings is 2. The van der Waals surface area contributed by atoms with Crippen molar-refractivity contribution >= 4 is 23.3 Å². The summed E-state index contributed by atoms with van der Waals surface area (Å²) in [5.41, 5.74) is 4.93. The molecule has 0 saturated carbocycles. The van der Waals surface area contributed by atoms with Gasteiger partial charge in [-0.3, -0.25) is 9.59 Å². The number of aryl methyl sites for hydroxylation is 3. The van der Waals surface area contributed by atoms with Gasteiger partial charge in [0.1, 0.15) is 5.69 Å². The van der Waals surface area contributed by atoms with Crippen molar-refractivity contribution in [3.05, 3.63) is 87.7 Å². The van der Waals surface area contributed by atoms with E-state index in [2.05, 4.69) is 10.3 Å². The van der Waals surface area contributed by atoms with Crippen molar-refractivity contribution in [2.45, 2.75) is 40.7 Å². The van der Waals surface area contributed by atoms with Crippen LogP contribution in [-0.4, -0.2) is 22.6 Å². The van der Waals surface area contributed by atoms with E-state index in [4.69, 9.17) is 4.74 Å². The van der Waals surface area contributed by atoms with Gasteiger partial charge in [-0.1, -0.05) is 36.4 Å². The van der Waals surface area contributed by atoms with Gasteiger partial charge in [-0.05, 0) is 63.4 Å². The third-order valence-corrected chi connectivity index (χ3v) is 5.05. The molecule has 160 valence electrons. The summed E-state index contributed by atoms with van der Waals surface area (Å²) in [6.45, 7) is 8.74. The molecule has 3 rings (SSSR count). The summed E-state index contributed by atoms with van der Waals surface area (Å²) in [6, 6.07) is 14.5. The van der Waals surface area contributed by atoms with Crippen molar-refractivity contribution in [3.8, 4) is 0 Å². The molecule has 2 aromatic carbocycles. The van der Waals surface area contributed by atoms with Crippen molar-refractivity contribution in [2.24, 2.45) is 0 Å². The molecule has 0 saturated heterocycles. The number of carbonyl (C=O) groups excluding carboxylic acids is 3. The van der Waals surface area contributed by atoms with Crippen LogP contribution >= 0.6 is 0 Å². The highest BCUT2D eigenvalue weighted by molar-refractivity contribution is 6.02. The molecule has 6 heteroatoms. The number of anilines is 1. The Morgan fingerprint density at radius 1 is 0.935 bits per heavy atom. The van der Waals surface area contributed by atoms with Crippen LogP contribution in [0.25, 0.3) is 0 Å². The summed E-state index contributed by atoms with van der Waals surface area (Å²) in [7, 11) is 0. The van der Waals surface area contributed by atoms with E-state index >= 15 is 0 Å². The lowest BCUT2D eigenvalue weighted by Gasteiger charge is -2.18. The molecule has 0 aliphatic rings. The molecule has 0 aliphatic carbocycles. The van der Waals surface area contributed by atoms with E-state index in [0.29, 0.717) is 28.1 Å². The second kappa shape index (κ2) is 9.00. The van der Waals surface area contributed by atoms with Crippen LogP contribution in [0.5, 0.6) is 0 Å². The molecule has 0 spiro atoms. The van der Waals surface area contributed by atoms with Gasteiger partial charge in [0.15, 0.2) is 5.78 Å². The van der Waals surface area contributed by atoms with Gasteiger partial charge in [0.05, 0.1) is 0 Å². The molecule has 0 fully saturated rings. The Hall–Kier alpha value is -3.67. The van der Waals surface area contributed by atoms with Gasteiger partial charge in [-0.15, -0.1) is 0 Å². The minimum Gasteiger partial charge on any atom is -0.443 e. The first-order chi connectivity index (χ1) is 14.7. The first kappa shape index (κ1) is 22.0. The Kier molecular flexibility index (Phi) is 6.39. The molecular formula is C25H26N2O4. The first-order valence-electron chi connectivity index (χ1n) is 10.0. The number of hydrogen-bond donors (Lipinski definition) is 2. The number of carbonyl (C=O) groups is 3. The minimum absolute atomic E-state index is 0.141. The second-order valence-corrected chi connectivity index (χ2v) is 7.74. The van der Waals surface area contributed by atoms with Crippen molar-refractivity contribution in [1.82, 2.24) is 4.98 Å². The number of ether oxygens (including phenoxy) is 1. The van der Waals surface area contributed by atoms with Gasteiger partial charge in [-0.25, -0.2) is 4.79 Å². The van der Waals surface area contributed by atoms with E-state index in [-0.39, 0.29) is 11.5 Å². The zero-order valence-electron chi connectivity index (χ0n) is 18.3. The predicted molar refractivity (Wildman–Crippen MR) is 119 cm³/mol. The average molecular weight is 418 g/mol. The van der Waals surface area contributed by atoms with Crippen LogP contribution < -0.4 is 5.32 Å². The Labute approximate surface area is 181 Å². The van der Waals surface area contributed by atoms with E-state index in [1.54, 1.807) is 38.1 Å². The van der Waals surface area contributed by atoms with Crippen LogP contribution in [0.3, 0.4) is 0 Å². The van der Waals surface area contributed by atoms with Gasteiger partial charge >= 0.3 is 5.97 Å². The summed E-state index contributed by atoms with van der Waals surface area (Å²) in [6.07, 6.45) is -1.15. The normalized spacial score (nSPS) is 11.6. The van der Waals surface area contributed by atoms with Crippen LogP contribution in [0.2, 0.25) is 0 Å². The molecule has 1 amide bonds. The fourth-order valence-electron chi connectivity index (χ4n) is 3.80. The minimum atomic E-state index is -1.15. The highest BCUT2D eigenvalue weighted by atomic mass is 16.5. The maximum atomic E-state index is 13.1. The number of rotatable bonds is 6. The van der Waals surface area contributed by atoms with Crippen LogP contribution in [0, 0.1) is 27.7 Å². The highest BCUT2D eigenvalue weighted by Gasteiger charge is 2.28. The fraction of sp³-hybridized carbons (Fsp3) is 0.240. The molecule has 1 atom stereocenters. The Morgan fingerprint density at radius 3 is 2.10 bits per heavy atom. The maximum Gasteiger partial charge on any atom is 0.356 e. The van der Waals surface area contributed by atoms with E-state index in [0.717, 1.165) is 11.1 Å². The summed E-state index contributed by atoms with van der Waals surface area (Å²) in [5, 5.41) is 2.85. The van der Waals surface area contributed by atoms with Crippen LogP contribution in [0.4, 0.5) is 5.69 Å². The molecule has 2 N–H and O–H groups in total.